The minimum Gasteiger partial charge on any atom is -0.255 e. The van der Waals surface area contributed by atoms with Gasteiger partial charge in [-0.1, -0.05) is 109 Å². The van der Waals surface area contributed by atoms with Crippen LogP contribution < -0.4 is 0 Å². The van der Waals surface area contributed by atoms with Crippen LogP contribution in [-0.2, 0) is 0 Å². The lowest BCUT2D eigenvalue weighted by molar-refractivity contribution is 1.23. The number of benzene rings is 6. The van der Waals surface area contributed by atoms with Crippen LogP contribution in [-0.4, -0.2) is 9.97 Å². The first-order valence-electron chi connectivity index (χ1n) is 14.7. The van der Waals surface area contributed by atoms with E-state index in [0.29, 0.717) is 0 Å². The first-order valence-corrected chi connectivity index (χ1v) is 14.7. The molecule has 0 aliphatic rings. The third kappa shape index (κ3) is 4.45. The fourth-order valence-electron chi connectivity index (χ4n) is 6.33. The van der Waals surface area contributed by atoms with Crippen LogP contribution in [0.15, 0.2) is 152 Å². The highest BCUT2D eigenvalue weighted by Crippen LogP contribution is 2.44. The van der Waals surface area contributed by atoms with Gasteiger partial charge in [-0.2, -0.15) is 0 Å². The highest BCUT2D eigenvalue weighted by Gasteiger charge is 2.16. The summed E-state index contributed by atoms with van der Waals surface area (Å²) in [6.07, 6.45) is 1.84. The van der Waals surface area contributed by atoms with E-state index in [0.717, 1.165) is 22.6 Å². The molecule has 0 N–H and O–H groups in total. The van der Waals surface area contributed by atoms with Crippen molar-refractivity contribution in [2.75, 3.05) is 0 Å². The van der Waals surface area contributed by atoms with Crippen LogP contribution in [0.25, 0.3) is 77.2 Å². The third-order valence-corrected chi connectivity index (χ3v) is 8.35. The number of aryl methyl sites for hydroxylation is 1. The lowest BCUT2D eigenvalue weighted by Gasteiger charge is -2.18. The highest BCUT2D eigenvalue weighted by atomic mass is 14.8. The molecule has 0 aliphatic carbocycles. The summed E-state index contributed by atoms with van der Waals surface area (Å²) in [7, 11) is 0. The first kappa shape index (κ1) is 25.1. The van der Waals surface area contributed by atoms with Gasteiger partial charge in [0, 0.05) is 11.8 Å². The van der Waals surface area contributed by atoms with Crippen LogP contribution in [0.4, 0.5) is 0 Å². The quantitative estimate of drug-likeness (QED) is 0.204. The number of aromatic nitrogens is 2. The first-order chi connectivity index (χ1) is 21.2. The summed E-state index contributed by atoms with van der Waals surface area (Å²) in [6.45, 7) is 2.08. The maximum Gasteiger partial charge on any atom is 0.0893 e. The second-order valence-electron chi connectivity index (χ2n) is 11.1. The maximum atomic E-state index is 4.97. The van der Waals surface area contributed by atoms with Crippen molar-refractivity contribution in [2.45, 2.75) is 6.92 Å². The molecule has 0 aliphatic heterocycles. The van der Waals surface area contributed by atoms with E-state index >= 15 is 0 Å². The number of hydrogen-bond acceptors (Lipinski definition) is 2. The van der Waals surface area contributed by atoms with Crippen molar-refractivity contribution >= 4 is 32.3 Å². The van der Waals surface area contributed by atoms with Crippen molar-refractivity contribution in [3.05, 3.63) is 157 Å². The van der Waals surface area contributed by atoms with Crippen molar-refractivity contribution in [1.82, 2.24) is 9.97 Å². The zero-order valence-electron chi connectivity index (χ0n) is 23.8. The van der Waals surface area contributed by atoms with E-state index in [9.17, 15) is 0 Å². The Balaban J connectivity index is 1.27. The Labute approximate surface area is 251 Å². The van der Waals surface area contributed by atoms with Gasteiger partial charge in [-0.25, -0.2) is 4.98 Å². The SMILES string of the molecule is Cc1ccnc(-c2cccc(-c3ccc4cc(-c5c6ccccc6c(-c6ccccc6)c6ccccc56)ccc4c3)n2)c1. The maximum absolute atomic E-state index is 4.97. The van der Waals surface area contributed by atoms with E-state index in [1.54, 1.807) is 0 Å². The zero-order chi connectivity index (χ0) is 28.8. The van der Waals surface area contributed by atoms with E-state index in [-0.39, 0.29) is 0 Å². The van der Waals surface area contributed by atoms with E-state index in [1.165, 1.54) is 60.1 Å². The van der Waals surface area contributed by atoms with Crippen molar-refractivity contribution in [3.8, 4) is 44.9 Å². The molecule has 6 aromatic carbocycles. The van der Waals surface area contributed by atoms with Gasteiger partial charge in [0.1, 0.15) is 0 Å². The van der Waals surface area contributed by atoms with Gasteiger partial charge in [0.15, 0.2) is 0 Å². The average Bonchev–Trinajstić information content (AvgIpc) is 3.07. The number of fused-ring (bicyclic) bond motifs is 3. The molecular formula is C41H28N2. The summed E-state index contributed by atoms with van der Waals surface area (Å²) >= 11 is 0. The zero-order valence-corrected chi connectivity index (χ0v) is 23.8. The van der Waals surface area contributed by atoms with Gasteiger partial charge < -0.3 is 0 Å². The molecule has 2 aromatic heterocycles. The molecule has 0 amide bonds. The van der Waals surface area contributed by atoms with Crippen LogP contribution in [0.1, 0.15) is 5.56 Å². The Morgan fingerprint density at radius 2 is 0.953 bits per heavy atom. The van der Waals surface area contributed by atoms with E-state index < -0.39 is 0 Å². The minimum absolute atomic E-state index is 0.884. The van der Waals surface area contributed by atoms with E-state index in [4.69, 9.17) is 4.98 Å². The summed E-state index contributed by atoms with van der Waals surface area (Å²) < 4.78 is 0. The lowest BCUT2D eigenvalue weighted by Crippen LogP contribution is -1.91. The van der Waals surface area contributed by atoms with Crippen molar-refractivity contribution in [1.29, 1.82) is 0 Å². The number of rotatable bonds is 4. The molecule has 0 bridgehead atoms. The van der Waals surface area contributed by atoms with Gasteiger partial charge in [0.25, 0.3) is 0 Å². The van der Waals surface area contributed by atoms with Crippen molar-refractivity contribution in [3.63, 3.8) is 0 Å². The Kier molecular flexibility index (Phi) is 6.05. The summed E-state index contributed by atoms with van der Waals surface area (Å²) in [6, 6.07) is 52.1. The second kappa shape index (κ2) is 10.3. The Hall–Kier alpha value is -5.60. The smallest absolute Gasteiger partial charge is 0.0893 e. The molecule has 2 nitrogen and oxygen atoms in total. The van der Waals surface area contributed by atoms with Crippen molar-refractivity contribution < 1.29 is 0 Å². The molecule has 0 unspecified atom stereocenters. The molecule has 8 aromatic rings. The molecule has 202 valence electrons. The van der Waals surface area contributed by atoms with Gasteiger partial charge in [-0.3, -0.25) is 4.98 Å². The predicted octanol–water partition coefficient (Wildman–Crippen LogP) is 10.9. The van der Waals surface area contributed by atoms with Crippen molar-refractivity contribution in [2.24, 2.45) is 0 Å². The number of hydrogen-bond donors (Lipinski definition) is 0. The molecule has 43 heavy (non-hydrogen) atoms. The summed E-state index contributed by atoms with van der Waals surface area (Å²) in [5, 5.41) is 7.47. The lowest BCUT2D eigenvalue weighted by atomic mass is 9.85. The Morgan fingerprint density at radius 3 is 1.60 bits per heavy atom. The van der Waals surface area contributed by atoms with E-state index in [2.05, 4.69) is 145 Å². The summed E-state index contributed by atoms with van der Waals surface area (Å²) in [5.41, 5.74) is 10.0. The standard InChI is InChI=1S/C41H28N2/c1-27-22-23-42-39(24-27)38-17-9-16-37(43-38)31-20-18-30-26-32(21-19-29(30)25-31)41-35-14-7-5-12-33(35)40(28-10-3-2-4-11-28)34-13-6-8-15-36(34)41/h2-26H,1H3. The average molecular weight is 549 g/mol. The summed E-state index contributed by atoms with van der Waals surface area (Å²) in [5.74, 6) is 0. The monoisotopic (exact) mass is 548 g/mol. The van der Waals surface area contributed by atoms with Crippen LogP contribution in [0.2, 0.25) is 0 Å². The molecule has 0 radical (unpaired) electrons. The molecule has 8 rings (SSSR count). The van der Waals surface area contributed by atoms with Crippen LogP contribution in [0.5, 0.6) is 0 Å². The third-order valence-electron chi connectivity index (χ3n) is 8.35. The van der Waals surface area contributed by atoms with E-state index in [1.807, 2.05) is 18.3 Å². The number of nitrogens with zero attached hydrogens (tertiary/aromatic N) is 2. The fraction of sp³-hybridized carbons (Fsp3) is 0.0244. The molecule has 0 saturated heterocycles. The Bertz CT molecular complexity index is 2240. The second-order valence-corrected chi connectivity index (χ2v) is 11.1. The van der Waals surface area contributed by atoms with Crippen LogP contribution in [0, 0.1) is 6.92 Å². The number of pyridine rings is 2. The molecule has 2 heterocycles. The molecule has 0 saturated carbocycles. The van der Waals surface area contributed by atoms with Gasteiger partial charge in [-0.15, -0.1) is 0 Å². The highest BCUT2D eigenvalue weighted by molar-refractivity contribution is 6.21. The normalized spacial score (nSPS) is 11.4. The molecule has 0 atom stereocenters. The largest absolute Gasteiger partial charge is 0.255 e. The minimum atomic E-state index is 0.884. The van der Waals surface area contributed by atoms with Crippen LogP contribution in [0.3, 0.4) is 0 Å². The molecule has 2 heteroatoms. The Morgan fingerprint density at radius 1 is 0.395 bits per heavy atom. The molecule has 0 spiro atoms. The van der Waals surface area contributed by atoms with Crippen LogP contribution >= 0.6 is 0 Å². The topological polar surface area (TPSA) is 25.8 Å². The van der Waals surface area contributed by atoms with Gasteiger partial charge in [0.2, 0.25) is 0 Å². The summed E-state index contributed by atoms with van der Waals surface area (Å²) in [4.78, 5) is 9.50. The van der Waals surface area contributed by atoms with Gasteiger partial charge in [0.05, 0.1) is 17.1 Å². The predicted molar refractivity (Wildman–Crippen MR) is 181 cm³/mol. The molecular weight excluding hydrogens is 520 g/mol. The van der Waals surface area contributed by atoms with Gasteiger partial charge in [-0.05, 0) is 103 Å². The molecule has 0 fully saturated rings. The van der Waals surface area contributed by atoms with Gasteiger partial charge >= 0.3 is 0 Å². The fourth-order valence-corrected chi connectivity index (χ4v) is 6.33.